The normalized spacial score (nSPS) is 15.0. The number of rotatable bonds is 5. The van der Waals surface area contributed by atoms with Crippen LogP contribution in [0.3, 0.4) is 0 Å². The molecular weight excluding hydrogens is 370 g/mol. The van der Waals surface area contributed by atoms with Crippen molar-refractivity contribution in [1.29, 1.82) is 0 Å². The average molecular weight is 391 g/mol. The van der Waals surface area contributed by atoms with Crippen LogP contribution >= 0.6 is 0 Å². The van der Waals surface area contributed by atoms with E-state index in [2.05, 4.69) is 4.72 Å². The SMILES string of the molecule is Cc1ccccc1S(=O)(=O)NCC(=O)N1CCN(C(=O)c2ccco2)CC1. The summed E-state index contributed by atoms with van der Waals surface area (Å²) in [6.07, 6.45) is 1.44. The maximum Gasteiger partial charge on any atom is 0.289 e. The summed E-state index contributed by atoms with van der Waals surface area (Å²) in [5.41, 5.74) is 0.613. The standard InChI is InChI=1S/C18H21N3O5S/c1-14-5-2-3-7-16(14)27(24,25)19-13-17(22)20-8-10-21(11-9-20)18(23)15-6-4-12-26-15/h2-7,12,19H,8-11,13H2,1H3. The number of furan rings is 1. The molecule has 0 bridgehead atoms. The lowest BCUT2D eigenvalue weighted by atomic mass is 10.2. The second kappa shape index (κ2) is 7.93. The van der Waals surface area contributed by atoms with Crippen LogP contribution in [0.4, 0.5) is 0 Å². The van der Waals surface area contributed by atoms with Crippen molar-refractivity contribution >= 4 is 21.8 Å². The first-order chi connectivity index (χ1) is 12.9. The van der Waals surface area contributed by atoms with E-state index < -0.39 is 10.0 Å². The van der Waals surface area contributed by atoms with Gasteiger partial charge in [0.2, 0.25) is 15.9 Å². The summed E-state index contributed by atoms with van der Waals surface area (Å²) in [7, 11) is -3.75. The van der Waals surface area contributed by atoms with E-state index in [0.717, 1.165) is 0 Å². The Labute approximate surface area is 157 Å². The lowest BCUT2D eigenvalue weighted by Gasteiger charge is -2.34. The van der Waals surface area contributed by atoms with Gasteiger partial charge >= 0.3 is 0 Å². The van der Waals surface area contributed by atoms with E-state index in [1.165, 1.54) is 12.3 Å². The smallest absolute Gasteiger partial charge is 0.289 e. The predicted octanol–water partition coefficient (Wildman–Crippen LogP) is 0.851. The molecule has 0 unspecified atom stereocenters. The number of aryl methyl sites for hydroxylation is 1. The van der Waals surface area contributed by atoms with Gasteiger partial charge < -0.3 is 14.2 Å². The highest BCUT2D eigenvalue weighted by Gasteiger charge is 2.27. The quantitative estimate of drug-likeness (QED) is 0.815. The Bertz CT molecular complexity index is 916. The predicted molar refractivity (Wildman–Crippen MR) is 97.6 cm³/mol. The Balaban J connectivity index is 1.53. The number of nitrogens with one attached hydrogen (secondary N) is 1. The van der Waals surface area contributed by atoms with E-state index in [4.69, 9.17) is 4.42 Å². The maximum atomic E-state index is 12.4. The van der Waals surface area contributed by atoms with Crippen LogP contribution in [0.5, 0.6) is 0 Å². The Hall–Kier alpha value is -2.65. The van der Waals surface area contributed by atoms with Gasteiger partial charge in [-0.3, -0.25) is 9.59 Å². The van der Waals surface area contributed by atoms with Crippen molar-refractivity contribution in [3.8, 4) is 0 Å². The van der Waals surface area contributed by atoms with Gasteiger partial charge in [-0.05, 0) is 30.7 Å². The van der Waals surface area contributed by atoms with Crippen LogP contribution in [0.1, 0.15) is 16.1 Å². The molecule has 2 aromatic rings. The zero-order chi connectivity index (χ0) is 19.4. The van der Waals surface area contributed by atoms with Gasteiger partial charge in [-0.25, -0.2) is 13.1 Å². The van der Waals surface area contributed by atoms with Gasteiger partial charge in [0.25, 0.3) is 5.91 Å². The molecule has 8 nitrogen and oxygen atoms in total. The number of sulfonamides is 1. The van der Waals surface area contributed by atoms with Gasteiger partial charge in [-0.1, -0.05) is 18.2 Å². The van der Waals surface area contributed by atoms with Crippen LogP contribution in [-0.4, -0.2) is 62.8 Å². The molecule has 0 aliphatic carbocycles. The van der Waals surface area contributed by atoms with Crippen molar-refractivity contribution in [2.75, 3.05) is 32.7 Å². The number of hydrogen-bond donors (Lipinski definition) is 1. The molecule has 2 heterocycles. The van der Waals surface area contributed by atoms with Crippen LogP contribution in [-0.2, 0) is 14.8 Å². The van der Waals surface area contributed by atoms with Crippen LogP contribution < -0.4 is 4.72 Å². The Kier molecular flexibility index (Phi) is 5.62. The van der Waals surface area contributed by atoms with E-state index in [0.29, 0.717) is 31.7 Å². The fourth-order valence-electron chi connectivity index (χ4n) is 2.92. The highest BCUT2D eigenvalue weighted by atomic mass is 32.2. The van der Waals surface area contributed by atoms with Crippen molar-refractivity contribution in [1.82, 2.24) is 14.5 Å². The molecule has 27 heavy (non-hydrogen) atoms. The molecule has 1 fully saturated rings. The lowest BCUT2D eigenvalue weighted by molar-refractivity contribution is -0.131. The molecule has 1 aromatic carbocycles. The van der Waals surface area contributed by atoms with Gasteiger partial charge in [0.15, 0.2) is 5.76 Å². The number of carbonyl (C=O) groups excluding carboxylic acids is 2. The molecule has 1 saturated heterocycles. The highest BCUT2D eigenvalue weighted by molar-refractivity contribution is 7.89. The third-order valence-corrected chi connectivity index (χ3v) is 6.01. The van der Waals surface area contributed by atoms with Gasteiger partial charge in [-0.2, -0.15) is 0 Å². The van der Waals surface area contributed by atoms with Crippen LogP contribution in [0.2, 0.25) is 0 Å². The summed E-state index contributed by atoms with van der Waals surface area (Å²) in [6.45, 7) is 2.81. The van der Waals surface area contributed by atoms with E-state index in [-0.39, 0.29) is 29.0 Å². The van der Waals surface area contributed by atoms with Crippen molar-refractivity contribution in [2.45, 2.75) is 11.8 Å². The summed E-state index contributed by atoms with van der Waals surface area (Å²) >= 11 is 0. The summed E-state index contributed by atoms with van der Waals surface area (Å²) in [6, 6.07) is 9.84. The number of amides is 2. The average Bonchev–Trinajstić information content (AvgIpc) is 3.21. The van der Waals surface area contributed by atoms with Crippen molar-refractivity contribution in [3.63, 3.8) is 0 Å². The van der Waals surface area contributed by atoms with Crippen molar-refractivity contribution < 1.29 is 22.4 Å². The van der Waals surface area contributed by atoms with Gasteiger partial charge in [0, 0.05) is 26.2 Å². The number of benzene rings is 1. The third kappa shape index (κ3) is 4.37. The van der Waals surface area contributed by atoms with E-state index >= 15 is 0 Å². The molecule has 1 aromatic heterocycles. The summed E-state index contributed by atoms with van der Waals surface area (Å²) in [5, 5.41) is 0. The molecule has 144 valence electrons. The Morgan fingerprint density at radius 3 is 2.33 bits per heavy atom. The molecule has 0 saturated carbocycles. The topological polar surface area (TPSA) is 99.9 Å². The minimum Gasteiger partial charge on any atom is -0.459 e. The van der Waals surface area contributed by atoms with Crippen molar-refractivity contribution in [3.05, 3.63) is 54.0 Å². The number of hydrogen-bond acceptors (Lipinski definition) is 5. The molecule has 0 radical (unpaired) electrons. The zero-order valence-corrected chi connectivity index (χ0v) is 15.7. The fraction of sp³-hybridized carbons (Fsp3) is 0.333. The van der Waals surface area contributed by atoms with E-state index in [1.807, 2.05) is 0 Å². The largest absolute Gasteiger partial charge is 0.459 e. The van der Waals surface area contributed by atoms with Crippen LogP contribution in [0.25, 0.3) is 0 Å². The second-order valence-corrected chi connectivity index (χ2v) is 7.98. The van der Waals surface area contributed by atoms with Gasteiger partial charge in [-0.15, -0.1) is 0 Å². The second-order valence-electron chi connectivity index (χ2n) is 6.24. The first-order valence-electron chi connectivity index (χ1n) is 8.54. The van der Waals surface area contributed by atoms with Crippen LogP contribution in [0, 0.1) is 6.92 Å². The number of piperazine rings is 1. The number of nitrogens with zero attached hydrogens (tertiary/aromatic N) is 2. The molecule has 0 atom stereocenters. The molecule has 0 spiro atoms. The van der Waals surface area contributed by atoms with Gasteiger partial charge in [0.05, 0.1) is 17.7 Å². The first-order valence-corrected chi connectivity index (χ1v) is 10.0. The van der Waals surface area contributed by atoms with E-state index in [9.17, 15) is 18.0 Å². The molecule has 1 N–H and O–H groups in total. The fourth-order valence-corrected chi connectivity index (χ4v) is 4.14. The minimum atomic E-state index is -3.75. The monoisotopic (exact) mass is 391 g/mol. The molecular formula is C18H21N3O5S. The lowest BCUT2D eigenvalue weighted by Crippen LogP contribution is -2.52. The minimum absolute atomic E-state index is 0.159. The van der Waals surface area contributed by atoms with E-state index in [1.54, 1.807) is 47.1 Å². The molecule has 9 heteroatoms. The molecule has 1 aliphatic heterocycles. The summed E-state index contributed by atoms with van der Waals surface area (Å²) in [5.74, 6) is -0.273. The number of carbonyl (C=O) groups is 2. The summed E-state index contributed by atoms with van der Waals surface area (Å²) in [4.78, 5) is 27.9. The molecule has 2 amide bonds. The first kappa shape index (κ1) is 19.1. The molecule has 3 rings (SSSR count). The Morgan fingerprint density at radius 1 is 1.04 bits per heavy atom. The van der Waals surface area contributed by atoms with Gasteiger partial charge in [0.1, 0.15) is 0 Å². The maximum absolute atomic E-state index is 12.4. The van der Waals surface area contributed by atoms with Crippen LogP contribution in [0.15, 0.2) is 52.0 Å². The summed E-state index contributed by atoms with van der Waals surface area (Å²) < 4.78 is 32.2. The highest BCUT2D eigenvalue weighted by Crippen LogP contribution is 2.14. The van der Waals surface area contributed by atoms with Crippen molar-refractivity contribution in [2.24, 2.45) is 0 Å². The molecule has 1 aliphatic rings. The third-order valence-electron chi connectivity index (χ3n) is 4.45. The Morgan fingerprint density at radius 2 is 1.70 bits per heavy atom. The zero-order valence-electron chi connectivity index (χ0n) is 14.9.